The monoisotopic (exact) mass is 513 g/mol. The summed E-state index contributed by atoms with van der Waals surface area (Å²) in [7, 11) is -1.58. The summed E-state index contributed by atoms with van der Waals surface area (Å²) in [4.78, 5) is 4.48. The van der Waals surface area contributed by atoms with E-state index in [0.29, 0.717) is 29.7 Å². The predicted molar refractivity (Wildman–Crippen MR) is 142 cm³/mol. The Morgan fingerprint density at radius 1 is 1.14 bits per heavy atom. The molecule has 186 valence electrons. The number of ether oxygens (including phenoxy) is 2. The molecule has 5 nitrogen and oxygen atoms in total. The number of aromatic nitrogens is 1. The van der Waals surface area contributed by atoms with Crippen LogP contribution in [0.4, 0.5) is 0 Å². The number of halogens is 1. The van der Waals surface area contributed by atoms with Gasteiger partial charge < -0.3 is 9.47 Å². The molecule has 7 heteroatoms. The molecular formula is C28H32ClNO4S. The maximum Gasteiger partial charge on any atom is 0.151 e. The molecule has 0 aliphatic heterocycles. The first kappa shape index (κ1) is 25.5. The fraction of sp³-hybridized carbons (Fsp3) is 0.393. The van der Waals surface area contributed by atoms with E-state index in [1.54, 1.807) is 7.11 Å². The van der Waals surface area contributed by atoms with Gasteiger partial charge in [0, 0.05) is 5.39 Å². The number of fused-ring (bicyclic) bond motifs is 1. The Bertz CT molecular complexity index is 1300. The second kappa shape index (κ2) is 11.4. The van der Waals surface area contributed by atoms with Gasteiger partial charge in [0.15, 0.2) is 9.84 Å². The van der Waals surface area contributed by atoms with Crippen LogP contribution >= 0.6 is 11.6 Å². The van der Waals surface area contributed by atoms with Gasteiger partial charge in [-0.15, -0.1) is 0 Å². The lowest BCUT2D eigenvalue weighted by Crippen LogP contribution is -2.16. The molecule has 1 aliphatic rings. The molecule has 0 bridgehead atoms. The van der Waals surface area contributed by atoms with Gasteiger partial charge >= 0.3 is 0 Å². The van der Waals surface area contributed by atoms with Gasteiger partial charge in [0.25, 0.3) is 0 Å². The van der Waals surface area contributed by atoms with E-state index < -0.39 is 9.84 Å². The minimum absolute atomic E-state index is 0.0899. The third kappa shape index (κ3) is 7.21. The number of nitrogens with zero attached hydrogens (tertiary/aromatic N) is 1. The van der Waals surface area contributed by atoms with Crippen LogP contribution < -0.4 is 9.47 Å². The summed E-state index contributed by atoms with van der Waals surface area (Å²) < 4.78 is 36.6. The number of benzene rings is 2. The highest BCUT2D eigenvalue weighted by Crippen LogP contribution is 2.30. The number of rotatable bonds is 12. The molecule has 1 atom stereocenters. The molecule has 0 radical (unpaired) electrons. The Morgan fingerprint density at radius 3 is 2.71 bits per heavy atom. The molecule has 0 unspecified atom stereocenters. The Balaban J connectivity index is 1.28. The van der Waals surface area contributed by atoms with Crippen LogP contribution in [-0.4, -0.2) is 38.6 Å². The molecule has 4 rings (SSSR count). The standard InChI is InChI=1S/C28H32ClNO4S/c1-20(22-9-6-11-25(17-22)34-18-21-13-14-21)19-35(31,32)15-5-3-4-8-24-16-23-10-7-12-26(33-2)27(23)30-28(24)29/h3-4,6-7,9-12,16-17,20-21H,5,8,13-15,18-19H2,1-2H3/b4-3+/t20-/m0/s1. The zero-order valence-electron chi connectivity index (χ0n) is 20.2. The van der Waals surface area contributed by atoms with Crippen LogP contribution in [0.5, 0.6) is 11.5 Å². The summed E-state index contributed by atoms with van der Waals surface area (Å²) in [6.45, 7) is 2.70. The summed E-state index contributed by atoms with van der Waals surface area (Å²) in [5, 5.41) is 1.38. The van der Waals surface area contributed by atoms with Gasteiger partial charge in [-0.1, -0.05) is 54.9 Å². The summed E-state index contributed by atoms with van der Waals surface area (Å²) in [6.07, 6.45) is 7.39. The molecule has 1 heterocycles. The Morgan fingerprint density at radius 2 is 1.94 bits per heavy atom. The van der Waals surface area contributed by atoms with Crippen molar-refractivity contribution in [1.29, 1.82) is 0 Å². The normalized spacial score (nSPS) is 14.9. The van der Waals surface area contributed by atoms with Crippen LogP contribution in [0.25, 0.3) is 10.9 Å². The van der Waals surface area contributed by atoms with Gasteiger partial charge in [0.1, 0.15) is 22.2 Å². The first-order chi connectivity index (χ1) is 16.8. The minimum Gasteiger partial charge on any atom is -0.494 e. The largest absolute Gasteiger partial charge is 0.494 e. The van der Waals surface area contributed by atoms with Crippen molar-refractivity contribution in [2.24, 2.45) is 5.92 Å². The zero-order valence-corrected chi connectivity index (χ0v) is 21.8. The number of hydrogen-bond acceptors (Lipinski definition) is 5. The number of allylic oxidation sites excluding steroid dienone is 2. The smallest absolute Gasteiger partial charge is 0.151 e. The fourth-order valence-electron chi connectivity index (χ4n) is 4.05. The molecule has 3 aromatic rings. The second-order valence-electron chi connectivity index (χ2n) is 9.28. The number of hydrogen-bond donors (Lipinski definition) is 0. The fourth-order valence-corrected chi connectivity index (χ4v) is 5.88. The average Bonchev–Trinajstić information content (AvgIpc) is 3.67. The van der Waals surface area contributed by atoms with Gasteiger partial charge in [-0.05, 0) is 72.9 Å². The van der Waals surface area contributed by atoms with Crippen molar-refractivity contribution in [3.05, 3.63) is 77.0 Å². The van der Waals surface area contributed by atoms with Crippen LogP contribution in [-0.2, 0) is 16.3 Å². The van der Waals surface area contributed by atoms with Gasteiger partial charge in [0.05, 0.1) is 25.2 Å². The van der Waals surface area contributed by atoms with Gasteiger partial charge in [-0.25, -0.2) is 13.4 Å². The predicted octanol–water partition coefficient (Wildman–Crippen LogP) is 6.39. The molecule has 0 amide bonds. The van der Waals surface area contributed by atoms with Crippen molar-refractivity contribution in [1.82, 2.24) is 4.98 Å². The number of sulfone groups is 1. The molecule has 2 aromatic carbocycles. The molecule has 1 aromatic heterocycles. The summed E-state index contributed by atoms with van der Waals surface area (Å²) in [6, 6.07) is 15.6. The molecular weight excluding hydrogens is 482 g/mol. The lowest BCUT2D eigenvalue weighted by Gasteiger charge is -2.14. The quantitative estimate of drug-likeness (QED) is 0.207. The molecule has 1 aliphatic carbocycles. The Hall–Kier alpha value is -2.57. The highest BCUT2D eigenvalue weighted by Gasteiger charge is 2.22. The van der Waals surface area contributed by atoms with Crippen LogP contribution in [0.3, 0.4) is 0 Å². The van der Waals surface area contributed by atoms with Crippen molar-refractivity contribution < 1.29 is 17.9 Å². The highest BCUT2D eigenvalue weighted by molar-refractivity contribution is 7.91. The van der Waals surface area contributed by atoms with Crippen molar-refractivity contribution >= 4 is 32.3 Å². The van der Waals surface area contributed by atoms with E-state index in [9.17, 15) is 8.42 Å². The highest BCUT2D eigenvalue weighted by atomic mass is 35.5. The molecule has 0 spiro atoms. The summed E-state index contributed by atoms with van der Waals surface area (Å²) >= 11 is 6.38. The third-order valence-electron chi connectivity index (χ3n) is 6.27. The first-order valence-corrected chi connectivity index (χ1v) is 14.2. The maximum absolute atomic E-state index is 12.7. The molecule has 0 N–H and O–H groups in total. The SMILES string of the molecule is COc1cccc2cc(C/C=C/CCS(=O)(=O)C[C@H](C)c3cccc(OCC4CC4)c3)c(Cl)nc12. The lowest BCUT2D eigenvalue weighted by molar-refractivity contribution is 0.299. The van der Waals surface area contributed by atoms with Crippen molar-refractivity contribution in [3.63, 3.8) is 0 Å². The average molecular weight is 514 g/mol. The van der Waals surface area contributed by atoms with E-state index >= 15 is 0 Å². The topological polar surface area (TPSA) is 65.5 Å². The van der Waals surface area contributed by atoms with E-state index in [2.05, 4.69) is 4.98 Å². The Kier molecular flexibility index (Phi) is 8.34. The van der Waals surface area contributed by atoms with Gasteiger partial charge in [-0.2, -0.15) is 0 Å². The number of para-hydroxylation sites is 1. The van der Waals surface area contributed by atoms with E-state index in [1.807, 2.05) is 67.6 Å². The van der Waals surface area contributed by atoms with Gasteiger partial charge in [-0.3, -0.25) is 0 Å². The van der Waals surface area contributed by atoms with Crippen molar-refractivity contribution in [2.75, 3.05) is 25.2 Å². The lowest BCUT2D eigenvalue weighted by atomic mass is 10.0. The molecule has 35 heavy (non-hydrogen) atoms. The van der Waals surface area contributed by atoms with Crippen molar-refractivity contribution in [3.8, 4) is 11.5 Å². The van der Waals surface area contributed by atoms with E-state index in [0.717, 1.165) is 34.4 Å². The van der Waals surface area contributed by atoms with Crippen LogP contribution in [0.15, 0.2) is 60.7 Å². The van der Waals surface area contributed by atoms with E-state index in [-0.39, 0.29) is 17.4 Å². The second-order valence-corrected chi connectivity index (χ2v) is 11.9. The molecule has 0 saturated heterocycles. The first-order valence-electron chi connectivity index (χ1n) is 12.0. The van der Waals surface area contributed by atoms with E-state index in [4.69, 9.17) is 21.1 Å². The maximum atomic E-state index is 12.7. The van der Waals surface area contributed by atoms with Gasteiger partial charge in [0.2, 0.25) is 0 Å². The van der Waals surface area contributed by atoms with Crippen molar-refractivity contribution in [2.45, 2.75) is 38.5 Å². The van der Waals surface area contributed by atoms with E-state index in [1.165, 1.54) is 12.8 Å². The summed E-state index contributed by atoms with van der Waals surface area (Å²) in [5.74, 6) is 2.33. The zero-order chi connectivity index (χ0) is 24.8. The Labute approximate surface area is 213 Å². The van der Waals surface area contributed by atoms with Crippen LogP contribution in [0, 0.1) is 5.92 Å². The number of pyridine rings is 1. The minimum atomic E-state index is -3.19. The number of methoxy groups -OCH3 is 1. The molecule has 1 saturated carbocycles. The third-order valence-corrected chi connectivity index (χ3v) is 8.46. The van der Waals surface area contributed by atoms with Crippen LogP contribution in [0.2, 0.25) is 5.15 Å². The molecule has 1 fully saturated rings. The summed E-state index contributed by atoms with van der Waals surface area (Å²) in [5.41, 5.74) is 2.62. The van der Waals surface area contributed by atoms with Crippen LogP contribution in [0.1, 0.15) is 43.2 Å².